The Morgan fingerprint density at radius 3 is 1.04 bits per heavy atom. The number of benzene rings is 9. The highest BCUT2D eigenvalue weighted by atomic mass is 79.9. The Balaban J connectivity index is 0.000000229. The minimum absolute atomic E-state index is 0.0121. The highest BCUT2D eigenvalue weighted by Gasteiger charge is 2.30. The lowest BCUT2D eigenvalue weighted by atomic mass is 10.0. The zero-order valence-corrected chi connectivity index (χ0v) is 88.4. The van der Waals surface area contributed by atoms with Crippen LogP contribution in [0.15, 0.2) is 242 Å². The Kier molecular flexibility index (Phi) is 61.3. The number of hydrogen-bond donors (Lipinski definition) is 7. The summed E-state index contributed by atoms with van der Waals surface area (Å²) in [7, 11) is 4.05. The fraction of sp³-hybridized carbons (Fsp3) is 0.478. The SMILES string of the molecule is C1CCNCC1.COC(=O)c1ccc(O)cc1.COC(=O)c1ccc(OCCCCl)cc1.COC(=O)c1ccc(OCCCN2CCCCC2)cc1.C[C@@H]1N=C(c2ccc(OCCCN3CCCCC3)cc2)O[C@@H]1c1ccccc1.C[C@H](N)[C@H](O)c1ccccc1.C[C@H](NC(=O)c1ccc(OCCCN2CCCCC2)cc1)[C@H](O)c1ccccc1.ClCCCBr.O=C(O)c1ccc(OCCCN2CCCCC2)cc1. The second-order valence-electron chi connectivity index (χ2n) is 35.8. The van der Waals surface area contributed by atoms with E-state index < -0.39 is 30.2 Å². The summed E-state index contributed by atoms with van der Waals surface area (Å²) in [5, 5.41) is 44.7. The Morgan fingerprint density at radius 2 is 0.736 bits per heavy atom. The molecule has 26 nitrogen and oxygen atoms in total. The lowest BCUT2D eigenvalue weighted by Gasteiger charge is -2.26. The number of amides is 1. The Hall–Kier alpha value is -10.7. The number of aromatic carboxylic acids is 1. The van der Waals surface area contributed by atoms with E-state index in [1.807, 2.05) is 127 Å². The van der Waals surface area contributed by atoms with Crippen LogP contribution in [0.2, 0.25) is 0 Å². The number of nitrogens with zero attached hydrogens (tertiary/aromatic N) is 5. The van der Waals surface area contributed by atoms with E-state index in [0.717, 1.165) is 134 Å². The number of phenols is 1. The van der Waals surface area contributed by atoms with Crippen molar-refractivity contribution in [3.05, 3.63) is 287 Å². The van der Waals surface area contributed by atoms with Crippen LogP contribution >= 0.6 is 39.1 Å². The average Bonchev–Trinajstić information content (AvgIpc) is 1.68. The number of aliphatic hydroxyl groups excluding tert-OH is 2. The summed E-state index contributed by atoms with van der Waals surface area (Å²) in [5.74, 6) is 4.00. The van der Waals surface area contributed by atoms with Crippen LogP contribution in [0.5, 0.6) is 34.5 Å². The van der Waals surface area contributed by atoms with Gasteiger partial charge in [-0.15, -0.1) is 23.2 Å². The molecule has 144 heavy (non-hydrogen) atoms. The molecule has 29 heteroatoms. The van der Waals surface area contributed by atoms with Crippen molar-refractivity contribution in [2.24, 2.45) is 10.7 Å². The number of aromatic hydroxyl groups is 1. The van der Waals surface area contributed by atoms with Crippen LogP contribution in [0.3, 0.4) is 0 Å². The van der Waals surface area contributed by atoms with Gasteiger partial charge in [0.2, 0.25) is 5.90 Å². The van der Waals surface area contributed by atoms with Crippen molar-refractivity contribution in [2.45, 2.75) is 192 Å². The number of hydrogen-bond acceptors (Lipinski definition) is 24. The van der Waals surface area contributed by atoms with Crippen LogP contribution in [0.4, 0.5) is 0 Å². The molecule has 0 radical (unpaired) electrons. The van der Waals surface area contributed by atoms with Crippen LogP contribution in [0.25, 0.3) is 0 Å². The van der Waals surface area contributed by atoms with Crippen molar-refractivity contribution in [3.63, 3.8) is 0 Å². The quantitative estimate of drug-likeness (QED) is 0.00818. The fourth-order valence-electron chi connectivity index (χ4n) is 16.1. The van der Waals surface area contributed by atoms with Crippen molar-refractivity contribution in [3.8, 4) is 34.5 Å². The van der Waals surface area contributed by atoms with E-state index in [0.29, 0.717) is 60.1 Å². The fourth-order valence-corrected chi connectivity index (χ4v) is 16.9. The molecule has 1 amide bonds. The van der Waals surface area contributed by atoms with Gasteiger partial charge in [-0.05, 0) is 351 Å². The molecule has 15 rings (SSSR count). The number of ether oxygens (including phenoxy) is 9. The molecule has 6 heterocycles. The highest BCUT2D eigenvalue weighted by molar-refractivity contribution is 9.09. The monoisotopic (exact) mass is 2090 g/mol. The van der Waals surface area contributed by atoms with Crippen molar-refractivity contribution in [1.29, 1.82) is 0 Å². The molecule has 6 atom stereocenters. The second kappa shape index (κ2) is 73.4. The first-order valence-electron chi connectivity index (χ1n) is 51.1. The van der Waals surface area contributed by atoms with Gasteiger partial charge in [-0.25, -0.2) is 24.2 Å². The first-order valence-corrected chi connectivity index (χ1v) is 53.3. The summed E-state index contributed by atoms with van der Waals surface area (Å²) in [6.07, 6.45) is 25.0. The number of piperidine rings is 5. The molecule has 5 saturated heterocycles. The molecule has 0 unspecified atom stereocenters. The largest absolute Gasteiger partial charge is 0.508 e. The number of aliphatic hydroxyl groups is 2. The number of nitrogens with one attached hydrogen (secondary N) is 2. The average molecular weight is 2090 g/mol. The lowest BCUT2D eigenvalue weighted by Crippen LogP contribution is -2.37. The number of nitrogens with two attached hydrogens (primary N) is 1. The van der Waals surface area contributed by atoms with Gasteiger partial charge in [-0.2, -0.15) is 0 Å². The van der Waals surface area contributed by atoms with Gasteiger partial charge >= 0.3 is 23.9 Å². The van der Waals surface area contributed by atoms with Crippen molar-refractivity contribution in [1.82, 2.24) is 30.2 Å². The van der Waals surface area contributed by atoms with Gasteiger partial charge in [0.1, 0.15) is 40.6 Å². The first kappa shape index (κ1) is 120. The molecule has 9 aromatic carbocycles. The maximum absolute atomic E-state index is 12.5. The Morgan fingerprint density at radius 1 is 0.424 bits per heavy atom. The van der Waals surface area contributed by atoms with Crippen LogP contribution in [-0.2, 0) is 18.9 Å². The number of alkyl halides is 3. The number of carbonyl (C=O) groups is 5. The molecule has 6 aliphatic heterocycles. The standard InChI is InChI=1S/C24H32N2O3.C24H30N2O2.C16H23NO3.C15H21NO3.C11H13ClO3.C9H13NO.C8H8O3.C5H11N.C3H6BrCl/c1-19(23(27)20-9-4-2-5-10-20)25-24(28)21-11-13-22(14-12-21)29-18-8-17-26-15-6-3-7-16-26;1-19-23(20-9-4-2-5-10-20)28-24(25-19)21-11-13-22(14-12-21)27-18-8-17-26-15-6-3-7-16-26;1-19-16(18)14-6-8-15(9-7-14)20-13-5-12-17-10-3-2-4-11-17;17-15(18)13-5-7-14(8-6-13)19-12-4-11-16-9-2-1-3-10-16;1-14-11(13)9-3-5-10(6-4-9)15-8-2-7-12;1-7(10)9(11)8-5-3-2-4-6-8;1-11-8(10)6-2-4-7(9)5-3-6;1-2-4-6-5-3-1;4-2-1-3-5/h2,4-5,9-14,19,23,27H,3,6-8,15-18H2,1H3,(H,25,28);2,4-5,9-14,19,23H,3,6-8,15-18H2,1H3;6-9H,2-5,10-13H2,1H3;5-8H,1-4,9-12H2,(H,17,18);3-6H,2,7-8H2,1H3;2-7,9,11H,10H2,1H3;2-5,9H,1H3;6H,1-5H2;1-3H2/t2*19-,23-;;;;7-,9-;;;/m00...0.../s1. The first-order chi connectivity index (χ1) is 70.1. The zero-order chi connectivity index (χ0) is 103. The van der Waals surface area contributed by atoms with E-state index in [1.54, 1.807) is 86.6 Å². The molecular formula is C115H157BrCl2N8O18. The molecular weight excluding hydrogens is 1930 g/mol. The van der Waals surface area contributed by atoms with Gasteiger partial charge in [0.05, 0.1) is 101 Å². The molecule has 0 aromatic heterocycles. The number of halogens is 3. The van der Waals surface area contributed by atoms with Crippen LogP contribution in [0.1, 0.15) is 248 Å². The Labute approximate surface area is 873 Å². The van der Waals surface area contributed by atoms with Gasteiger partial charge in [0, 0.05) is 60.4 Å². The predicted molar refractivity (Wildman–Crippen MR) is 579 cm³/mol. The van der Waals surface area contributed by atoms with Crippen LogP contribution < -0.4 is 40.1 Å². The van der Waals surface area contributed by atoms with Gasteiger partial charge in [0.25, 0.3) is 5.91 Å². The molecule has 8 N–H and O–H groups in total. The topological polar surface area (TPSA) is 325 Å². The van der Waals surface area contributed by atoms with E-state index in [9.17, 15) is 34.2 Å². The summed E-state index contributed by atoms with van der Waals surface area (Å²) in [5.41, 5.74) is 11.7. The van der Waals surface area contributed by atoms with Crippen molar-refractivity contribution < 1.29 is 87.0 Å². The number of carbonyl (C=O) groups excluding carboxylic acids is 4. The Bertz CT molecular complexity index is 4900. The second-order valence-corrected chi connectivity index (χ2v) is 37.3. The molecule has 5 fully saturated rings. The maximum Gasteiger partial charge on any atom is 0.337 e. The summed E-state index contributed by atoms with van der Waals surface area (Å²) in [4.78, 5) is 71.2. The number of carboxylic acid groups (broad SMARTS) is 1. The normalized spacial score (nSPS) is 16.3. The molecule has 0 aliphatic carbocycles. The smallest absolute Gasteiger partial charge is 0.337 e. The third kappa shape index (κ3) is 49.5. The molecule has 0 spiro atoms. The summed E-state index contributed by atoms with van der Waals surface area (Å²) < 4.78 is 48.3. The van der Waals surface area contributed by atoms with Crippen LogP contribution in [0, 0.1) is 0 Å². The molecule has 9 aromatic rings. The lowest BCUT2D eigenvalue weighted by molar-refractivity contribution is 0.0591. The predicted octanol–water partition coefficient (Wildman–Crippen LogP) is 21.5. The number of esters is 3. The molecule has 0 saturated carbocycles. The molecule has 6 aliphatic rings. The maximum atomic E-state index is 12.5. The van der Waals surface area contributed by atoms with Crippen LogP contribution in [-0.4, -0.2) is 257 Å². The van der Waals surface area contributed by atoms with E-state index in [4.69, 9.17) is 72.6 Å². The third-order valence-electron chi connectivity index (χ3n) is 24.3. The van der Waals surface area contributed by atoms with E-state index in [2.05, 4.69) is 79.4 Å². The van der Waals surface area contributed by atoms with Gasteiger partial charge < -0.3 is 99.0 Å². The van der Waals surface area contributed by atoms with Crippen molar-refractivity contribution in [2.75, 3.05) is 163 Å². The molecule has 0 bridgehead atoms. The number of rotatable bonds is 38. The summed E-state index contributed by atoms with van der Waals surface area (Å²) in [6, 6.07) is 70.2. The van der Waals surface area contributed by atoms with E-state index >= 15 is 0 Å². The molecule has 786 valence electrons. The van der Waals surface area contributed by atoms with Gasteiger partial charge in [0.15, 0.2) is 0 Å². The van der Waals surface area contributed by atoms with E-state index in [1.165, 1.54) is 213 Å². The number of aliphatic imine (C=N–C) groups is 1. The number of phenolic OH excluding ortho intramolecular Hbond substituents is 1. The summed E-state index contributed by atoms with van der Waals surface area (Å²) in [6.45, 7) is 25.9. The summed E-state index contributed by atoms with van der Waals surface area (Å²) >= 11 is 14.0. The zero-order valence-electron chi connectivity index (χ0n) is 85.3. The van der Waals surface area contributed by atoms with Crippen molar-refractivity contribution >= 4 is 74.8 Å². The number of methoxy groups -OCH3 is 3. The minimum Gasteiger partial charge on any atom is -0.508 e. The minimum atomic E-state index is -0.906. The van der Waals surface area contributed by atoms with Gasteiger partial charge in [-0.3, -0.25) is 4.79 Å². The van der Waals surface area contributed by atoms with Gasteiger partial charge in [-0.1, -0.05) is 139 Å². The number of carboxylic acids is 1. The van der Waals surface area contributed by atoms with E-state index in [-0.39, 0.29) is 41.8 Å². The highest BCUT2D eigenvalue weighted by Crippen LogP contribution is 2.32. The number of likely N-dealkylation sites (tertiary alicyclic amines) is 4. The third-order valence-corrected chi connectivity index (χ3v) is 25.4.